The summed E-state index contributed by atoms with van der Waals surface area (Å²) in [5.41, 5.74) is 0. The predicted molar refractivity (Wildman–Crippen MR) is 335 cm³/mol. The van der Waals surface area contributed by atoms with Gasteiger partial charge in [-0.25, -0.2) is 0 Å². The molecule has 0 aliphatic carbocycles. The molecule has 0 saturated heterocycles. The van der Waals surface area contributed by atoms with E-state index in [1.165, 1.54) is 321 Å². The Bertz CT molecular complexity index is 1160. The lowest BCUT2D eigenvalue weighted by Crippen LogP contribution is -2.30. The van der Waals surface area contributed by atoms with Crippen LogP contribution < -0.4 is 0 Å². The van der Waals surface area contributed by atoms with Crippen LogP contribution in [-0.4, -0.2) is 37.2 Å². The average molecular weight is 1090 g/mol. The molecule has 0 rings (SSSR count). The highest BCUT2D eigenvalue weighted by Crippen LogP contribution is 2.19. The molecule has 6 heteroatoms. The molecule has 0 bridgehead atoms. The Balaban J connectivity index is 4.00. The predicted octanol–water partition coefficient (Wildman–Crippen LogP) is 24.2. The van der Waals surface area contributed by atoms with Crippen LogP contribution >= 0.6 is 0 Å². The van der Waals surface area contributed by atoms with Crippen LogP contribution in [0, 0.1) is 0 Å². The minimum atomic E-state index is -0.762. The molecule has 77 heavy (non-hydrogen) atoms. The zero-order chi connectivity index (χ0) is 55.7. The van der Waals surface area contributed by atoms with Gasteiger partial charge in [0.05, 0.1) is 0 Å². The van der Waals surface area contributed by atoms with Gasteiger partial charge >= 0.3 is 17.9 Å². The highest BCUT2D eigenvalue weighted by molar-refractivity contribution is 5.71. The standard InChI is InChI=1S/C71H138O6/c1-4-7-10-13-16-19-22-25-26-27-28-29-30-31-32-33-34-35-36-37-38-39-40-41-42-43-44-47-49-52-55-58-61-64-70(73)76-67-68(77-71(74)65-62-59-56-53-50-46-24-21-18-15-12-9-6-3)66-75-69(72)63-60-57-54-51-48-45-23-20-17-14-11-8-5-2/h68H,4-67H2,1-3H3. The van der Waals surface area contributed by atoms with Gasteiger partial charge in [0.2, 0.25) is 0 Å². The number of esters is 3. The Kier molecular flexibility index (Phi) is 65.5. The number of hydrogen-bond acceptors (Lipinski definition) is 6. The maximum Gasteiger partial charge on any atom is 0.306 e. The second kappa shape index (κ2) is 66.9. The summed E-state index contributed by atoms with van der Waals surface area (Å²) in [5, 5.41) is 0. The van der Waals surface area contributed by atoms with E-state index in [1.807, 2.05) is 0 Å². The summed E-state index contributed by atoms with van der Waals surface area (Å²) in [6.45, 7) is 6.72. The molecule has 0 aromatic rings. The fourth-order valence-electron chi connectivity index (χ4n) is 11.3. The van der Waals surface area contributed by atoms with Crippen molar-refractivity contribution < 1.29 is 28.6 Å². The molecule has 1 atom stereocenters. The van der Waals surface area contributed by atoms with E-state index in [1.54, 1.807) is 0 Å². The molecule has 0 aliphatic heterocycles. The molecule has 0 aromatic heterocycles. The molecule has 6 nitrogen and oxygen atoms in total. The van der Waals surface area contributed by atoms with Gasteiger partial charge in [0, 0.05) is 19.3 Å². The summed E-state index contributed by atoms with van der Waals surface area (Å²) in [6.07, 6.45) is 78.7. The third-order valence-electron chi connectivity index (χ3n) is 16.6. The van der Waals surface area contributed by atoms with Gasteiger partial charge in [-0.05, 0) is 19.3 Å². The van der Waals surface area contributed by atoms with Crippen LogP contribution in [0.4, 0.5) is 0 Å². The highest BCUT2D eigenvalue weighted by Gasteiger charge is 2.19. The Morgan fingerprint density at radius 3 is 0.519 bits per heavy atom. The van der Waals surface area contributed by atoms with Crippen LogP contribution in [0.15, 0.2) is 0 Å². The van der Waals surface area contributed by atoms with Gasteiger partial charge in [0.25, 0.3) is 0 Å². The molecule has 0 radical (unpaired) electrons. The molecule has 0 aliphatic rings. The van der Waals surface area contributed by atoms with Crippen LogP contribution in [0.1, 0.15) is 419 Å². The maximum atomic E-state index is 12.9. The van der Waals surface area contributed by atoms with Gasteiger partial charge in [-0.1, -0.05) is 380 Å². The molecular formula is C71H138O6. The molecular weight excluding hydrogens is 949 g/mol. The summed E-state index contributed by atoms with van der Waals surface area (Å²) in [6, 6.07) is 0. The van der Waals surface area contributed by atoms with E-state index in [-0.39, 0.29) is 31.1 Å². The molecule has 0 fully saturated rings. The normalized spacial score (nSPS) is 11.9. The lowest BCUT2D eigenvalue weighted by Gasteiger charge is -2.18. The lowest BCUT2D eigenvalue weighted by molar-refractivity contribution is -0.167. The quantitative estimate of drug-likeness (QED) is 0.0343. The topological polar surface area (TPSA) is 78.9 Å². The van der Waals surface area contributed by atoms with Gasteiger partial charge in [0.15, 0.2) is 6.10 Å². The SMILES string of the molecule is CCCCCCCCCCCCCCCCCCCCCCCCCCCCCCCCCCCC(=O)OCC(COC(=O)CCCCCCCCCCCCCCC)OC(=O)CCCCCCCCCCCCCCC. The molecule has 0 heterocycles. The number of carbonyl (C=O) groups excluding carboxylic acids is 3. The monoisotopic (exact) mass is 1090 g/mol. The maximum absolute atomic E-state index is 12.9. The van der Waals surface area contributed by atoms with E-state index in [0.29, 0.717) is 19.3 Å². The van der Waals surface area contributed by atoms with Crippen LogP contribution in [0.5, 0.6) is 0 Å². The van der Waals surface area contributed by atoms with Crippen molar-refractivity contribution in [1.29, 1.82) is 0 Å². The van der Waals surface area contributed by atoms with Crippen molar-refractivity contribution in [3.05, 3.63) is 0 Å². The van der Waals surface area contributed by atoms with Crippen LogP contribution in [-0.2, 0) is 28.6 Å². The minimum absolute atomic E-state index is 0.0607. The second-order valence-electron chi connectivity index (χ2n) is 24.5. The van der Waals surface area contributed by atoms with Gasteiger partial charge in [-0.2, -0.15) is 0 Å². The van der Waals surface area contributed by atoms with Crippen molar-refractivity contribution in [2.75, 3.05) is 13.2 Å². The third kappa shape index (κ3) is 65.1. The molecule has 0 spiro atoms. The lowest BCUT2D eigenvalue weighted by atomic mass is 10.0. The van der Waals surface area contributed by atoms with Crippen LogP contribution in [0.25, 0.3) is 0 Å². The van der Waals surface area contributed by atoms with E-state index in [9.17, 15) is 14.4 Å². The highest BCUT2D eigenvalue weighted by atomic mass is 16.6. The largest absolute Gasteiger partial charge is 0.462 e. The summed E-state index contributed by atoms with van der Waals surface area (Å²) in [7, 11) is 0. The van der Waals surface area contributed by atoms with Crippen LogP contribution in [0.3, 0.4) is 0 Å². The Hall–Kier alpha value is -1.59. The molecule has 0 N–H and O–H groups in total. The first-order valence-corrected chi connectivity index (χ1v) is 35.5. The number of unbranched alkanes of at least 4 members (excludes halogenated alkanes) is 56. The minimum Gasteiger partial charge on any atom is -0.462 e. The molecule has 1 unspecified atom stereocenters. The number of carbonyl (C=O) groups is 3. The summed E-state index contributed by atoms with van der Waals surface area (Å²) in [4.78, 5) is 38.3. The first-order valence-electron chi connectivity index (χ1n) is 35.5. The van der Waals surface area contributed by atoms with Crippen molar-refractivity contribution in [3.8, 4) is 0 Å². The van der Waals surface area contributed by atoms with Crippen LogP contribution in [0.2, 0.25) is 0 Å². The van der Waals surface area contributed by atoms with E-state index in [0.717, 1.165) is 57.8 Å². The Labute approximate surface area is 482 Å². The summed E-state index contributed by atoms with van der Waals surface area (Å²) < 4.78 is 16.9. The average Bonchev–Trinajstić information content (AvgIpc) is 3.43. The first-order chi connectivity index (χ1) is 38.0. The van der Waals surface area contributed by atoms with Gasteiger partial charge in [0.1, 0.15) is 13.2 Å². The Morgan fingerprint density at radius 1 is 0.208 bits per heavy atom. The van der Waals surface area contributed by atoms with E-state index >= 15 is 0 Å². The summed E-state index contributed by atoms with van der Waals surface area (Å²) in [5.74, 6) is -0.826. The third-order valence-corrected chi connectivity index (χ3v) is 16.6. The number of ether oxygens (including phenoxy) is 3. The Morgan fingerprint density at radius 2 is 0.351 bits per heavy atom. The number of hydrogen-bond donors (Lipinski definition) is 0. The van der Waals surface area contributed by atoms with Crippen molar-refractivity contribution in [1.82, 2.24) is 0 Å². The van der Waals surface area contributed by atoms with Crippen molar-refractivity contribution >= 4 is 17.9 Å². The van der Waals surface area contributed by atoms with Gasteiger partial charge in [-0.3, -0.25) is 14.4 Å². The van der Waals surface area contributed by atoms with E-state index in [2.05, 4.69) is 20.8 Å². The fourth-order valence-corrected chi connectivity index (χ4v) is 11.3. The smallest absolute Gasteiger partial charge is 0.306 e. The first kappa shape index (κ1) is 75.4. The molecule has 458 valence electrons. The molecule has 0 aromatic carbocycles. The van der Waals surface area contributed by atoms with Crippen molar-refractivity contribution in [2.24, 2.45) is 0 Å². The van der Waals surface area contributed by atoms with E-state index in [4.69, 9.17) is 14.2 Å². The fraction of sp³-hybridized carbons (Fsp3) is 0.958. The second-order valence-corrected chi connectivity index (χ2v) is 24.5. The van der Waals surface area contributed by atoms with Crippen molar-refractivity contribution in [3.63, 3.8) is 0 Å². The van der Waals surface area contributed by atoms with Crippen molar-refractivity contribution in [2.45, 2.75) is 425 Å². The summed E-state index contributed by atoms with van der Waals surface area (Å²) >= 11 is 0. The molecule has 0 saturated carbocycles. The number of rotatable bonds is 67. The van der Waals surface area contributed by atoms with Gasteiger partial charge < -0.3 is 14.2 Å². The van der Waals surface area contributed by atoms with E-state index < -0.39 is 6.10 Å². The molecule has 0 amide bonds. The zero-order valence-corrected chi connectivity index (χ0v) is 52.8. The zero-order valence-electron chi connectivity index (χ0n) is 52.8. The van der Waals surface area contributed by atoms with Gasteiger partial charge in [-0.15, -0.1) is 0 Å².